The van der Waals surface area contributed by atoms with Crippen LogP contribution in [0.3, 0.4) is 0 Å². The fourth-order valence-electron chi connectivity index (χ4n) is 1.31. The lowest BCUT2D eigenvalue weighted by molar-refractivity contribution is -0.123. The minimum absolute atomic E-state index is 0.135. The third-order valence-corrected chi connectivity index (χ3v) is 2.44. The number of hydrogen-bond acceptors (Lipinski definition) is 4. The molecule has 0 saturated heterocycles. The van der Waals surface area contributed by atoms with Crippen LogP contribution in [0.5, 0.6) is 5.75 Å². The van der Waals surface area contributed by atoms with Crippen LogP contribution in [0.4, 0.5) is 0 Å². The minimum atomic E-state index is -1.01. The zero-order valence-electron chi connectivity index (χ0n) is 9.68. The molecule has 5 nitrogen and oxygen atoms in total. The Morgan fingerprint density at radius 1 is 1.24 bits per heavy atom. The van der Waals surface area contributed by atoms with Crippen molar-refractivity contribution in [2.75, 3.05) is 13.2 Å². The summed E-state index contributed by atoms with van der Waals surface area (Å²) >= 11 is 0. The van der Waals surface area contributed by atoms with E-state index < -0.39 is 5.54 Å². The van der Waals surface area contributed by atoms with E-state index in [1.807, 2.05) is 0 Å². The predicted octanol–water partition coefficient (Wildman–Crippen LogP) is -0.206. The van der Waals surface area contributed by atoms with Gasteiger partial charge in [-0.3, -0.25) is 4.79 Å². The second-order valence-electron chi connectivity index (χ2n) is 4.27. The maximum absolute atomic E-state index is 11.6. The SMILES string of the molecule is CC(CO)(CO)NC(=O)Cc1ccc(O)cc1. The van der Waals surface area contributed by atoms with Crippen LogP contribution < -0.4 is 5.32 Å². The van der Waals surface area contributed by atoms with Crippen molar-refractivity contribution < 1.29 is 20.1 Å². The Bertz CT molecular complexity index is 371. The van der Waals surface area contributed by atoms with Gasteiger partial charge in [-0.2, -0.15) is 0 Å². The third-order valence-electron chi connectivity index (χ3n) is 2.44. The number of aliphatic hydroxyl groups is 2. The van der Waals surface area contributed by atoms with Gasteiger partial charge in [0.1, 0.15) is 5.75 Å². The molecular weight excluding hydrogens is 222 g/mol. The number of benzene rings is 1. The topological polar surface area (TPSA) is 89.8 Å². The fraction of sp³-hybridized carbons (Fsp3) is 0.417. The Kier molecular flexibility index (Phi) is 4.48. The normalized spacial score (nSPS) is 11.2. The van der Waals surface area contributed by atoms with Gasteiger partial charge in [-0.05, 0) is 24.6 Å². The van der Waals surface area contributed by atoms with E-state index in [0.29, 0.717) is 0 Å². The summed E-state index contributed by atoms with van der Waals surface area (Å²) in [6.07, 6.45) is 0.135. The number of rotatable bonds is 5. The van der Waals surface area contributed by atoms with Crippen LogP contribution in [0.15, 0.2) is 24.3 Å². The molecule has 0 aliphatic carbocycles. The van der Waals surface area contributed by atoms with E-state index in [2.05, 4.69) is 5.32 Å². The van der Waals surface area contributed by atoms with Gasteiger partial charge in [0.05, 0.1) is 25.2 Å². The van der Waals surface area contributed by atoms with E-state index in [1.165, 1.54) is 12.1 Å². The number of hydrogen-bond donors (Lipinski definition) is 4. The number of aliphatic hydroxyl groups excluding tert-OH is 2. The lowest BCUT2D eigenvalue weighted by Gasteiger charge is -2.26. The molecule has 0 saturated carbocycles. The largest absolute Gasteiger partial charge is 0.508 e. The van der Waals surface area contributed by atoms with Gasteiger partial charge in [-0.15, -0.1) is 0 Å². The Morgan fingerprint density at radius 2 is 1.76 bits per heavy atom. The van der Waals surface area contributed by atoms with Crippen LogP contribution in [0, 0.1) is 0 Å². The molecule has 0 aromatic heterocycles. The Hall–Kier alpha value is -1.59. The lowest BCUT2D eigenvalue weighted by Crippen LogP contribution is -2.52. The van der Waals surface area contributed by atoms with Crippen molar-refractivity contribution in [1.82, 2.24) is 5.32 Å². The van der Waals surface area contributed by atoms with Crippen molar-refractivity contribution in [2.24, 2.45) is 0 Å². The second-order valence-corrected chi connectivity index (χ2v) is 4.27. The highest BCUT2D eigenvalue weighted by atomic mass is 16.3. The summed E-state index contributed by atoms with van der Waals surface area (Å²) in [5.41, 5.74) is -0.257. The van der Waals surface area contributed by atoms with Crippen molar-refractivity contribution in [3.05, 3.63) is 29.8 Å². The molecule has 0 bridgehead atoms. The number of aromatic hydroxyl groups is 1. The van der Waals surface area contributed by atoms with E-state index in [0.717, 1.165) is 5.56 Å². The summed E-state index contributed by atoms with van der Waals surface area (Å²) in [5, 5.41) is 29.7. The van der Waals surface area contributed by atoms with Crippen molar-refractivity contribution in [3.8, 4) is 5.75 Å². The van der Waals surface area contributed by atoms with Crippen LogP contribution in [0.2, 0.25) is 0 Å². The van der Waals surface area contributed by atoms with Gasteiger partial charge >= 0.3 is 0 Å². The zero-order chi connectivity index (χ0) is 12.9. The molecule has 0 spiro atoms. The summed E-state index contributed by atoms with van der Waals surface area (Å²) < 4.78 is 0. The average Bonchev–Trinajstić information content (AvgIpc) is 2.32. The highest BCUT2D eigenvalue weighted by Crippen LogP contribution is 2.10. The predicted molar refractivity (Wildman–Crippen MR) is 62.5 cm³/mol. The van der Waals surface area contributed by atoms with Crippen molar-refractivity contribution >= 4 is 5.91 Å². The van der Waals surface area contributed by atoms with Crippen LogP contribution in [-0.4, -0.2) is 40.0 Å². The molecule has 94 valence electrons. The molecule has 5 heteroatoms. The van der Waals surface area contributed by atoms with E-state index >= 15 is 0 Å². The van der Waals surface area contributed by atoms with Gasteiger partial charge in [0.25, 0.3) is 0 Å². The molecule has 0 unspecified atom stereocenters. The molecule has 4 N–H and O–H groups in total. The molecule has 1 aromatic carbocycles. The highest BCUT2D eigenvalue weighted by molar-refractivity contribution is 5.79. The highest BCUT2D eigenvalue weighted by Gasteiger charge is 2.24. The monoisotopic (exact) mass is 239 g/mol. The average molecular weight is 239 g/mol. The number of phenols is 1. The maximum atomic E-state index is 11.6. The molecule has 0 aliphatic heterocycles. The standard InChI is InChI=1S/C12H17NO4/c1-12(7-14,8-15)13-11(17)6-9-2-4-10(16)5-3-9/h2-5,14-16H,6-8H2,1H3,(H,13,17). The Balaban J connectivity index is 2.58. The minimum Gasteiger partial charge on any atom is -0.508 e. The molecular formula is C12H17NO4. The summed E-state index contributed by atoms with van der Waals surface area (Å²) in [6.45, 7) is 0.900. The molecule has 0 atom stereocenters. The maximum Gasteiger partial charge on any atom is 0.224 e. The van der Waals surface area contributed by atoms with E-state index in [4.69, 9.17) is 15.3 Å². The van der Waals surface area contributed by atoms with Gasteiger partial charge in [-0.1, -0.05) is 12.1 Å². The van der Waals surface area contributed by atoms with E-state index in [1.54, 1.807) is 19.1 Å². The fourth-order valence-corrected chi connectivity index (χ4v) is 1.31. The number of phenolic OH excluding ortho intramolecular Hbond substituents is 1. The summed E-state index contributed by atoms with van der Waals surface area (Å²) in [5.74, 6) is -0.147. The summed E-state index contributed by atoms with van der Waals surface area (Å²) in [4.78, 5) is 11.6. The Morgan fingerprint density at radius 3 is 2.24 bits per heavy atom. The van der Waals surface area contributed by atoms with Gasteiger partial charge in [0.2, 0.25) is 5.91 Å². The van der Waals surface area contributed by atoms with E-state index in [9.17, 15) is 4.79 Å². The molecule has 17 heavy (non-hydrogen) atoms. The molecule has 1 aromatic rings. The first kappa shape index (κ1) is 13.5. The second kappa shape index (κ2) is 5.65. The van der Waals surface area contributed by atoms with E-state index in [-0.39, 0.29) is 31.3 Å². The van der Waals surface area contributed by atoms with Gasteiger partial charge < -0.3 is 20.6 Å². The molecule has 1 rings (SSSR count). The smallest absolute Gasteiger partial charge is 0.224 e. The quantitative estimate of drug-likeness (QED) is 0.572. The van der Waals surface area contributed by atoms with Crippen LogP contribution >= 0.6 is 0 Å². The van der Waals surface area contributed by atoms with Crippen molar-refractivity contribution in [2.45, 2.75) is 18.9 Å². The molecule has 0 aliphatic rings. The molecule has 0 radical (unpaired) electrons. The number of carbonyl (C=O) groups is 1. The van der Waals surface area contributed by atoms with Crippen LogP contribution in [0.25, 0.3) is 0 Å². The first-order valence-electron chi connectivity index (χ1n) is 5.30. The summed E-state index contributed by atoms with van der Waals surface area (Å²) in [7, 11) is 0. The number of nitrogens with one attached hydrogen (secondary N) is 1. The van der Waals surface area contributed by atoms with Gasteiger partial charge in [-0.25, -0.2) is 0 Å². The molecule has 0 fully saturated rings. The molecule has 0 heterocycles. The third kappa shape index (κ3) is 4.05. The number of amides is 1. The lowest BCUT2D eigenvalue weighted by atomic mass is 10.0. The van der Waals surface area contributed by atoms with Crippen molar-refractivity contribution in [3.63, 3.8) is 0 Å². The first-order chi connectivity index (χ1) is 7.99. The summed E-state index contributed by atoms with van der Waals surface area (Å²) in [6, 6.07) is 6.29. The Labute approximate surface area is 99.7 Å². The first-order valence-corrected chi connectivity index (χ1v) is 5.30. The zero-order valence-corrected chi connectivity index (χ0v) is 9.68. The number of carbonyl (C=O) groups excluding carboxylic acids is 1. The molecule has 1 amide bonds. The van der Waals surface area contributed by atoms with Crippen LogP contribution in [-0.2, 0) is 11.2 Å². The van der Waals surface area contributed by atoms with Gasteiger partial charge in [0, 0.05) is 0 Å². The van der Waals surface area contributed by atoms with Crippen LogP contribution in [0.1, 0.15) is 12.5 Å². The van der Waals surface area contributed by atoms with Gasteiger partial charge in [0.15, 0.2) is 0 Å². The van der Waals surface area contributed by atoms with Crippen molar-refractivity contribution in [1.29, 1.82) is 0 Å².